The van der Waals surface area contributed by atoms with Crippen molar-refractivity contribution in [3.05, 3.63) is 54.4 Å². The van der Waals surface area contributed by atoms with Crippen molar-refractivity contribution < 1.29 is 4.39 Å². The Morgan fingerprint density at radius 1 is 1.22 bits per heavy atom. The van der Waals surface area contributed by atoms with Crippen LogP contribution in [0.5, 0.6) is 0 Å². The number of likely N-dealkylation sites (tertiary alicyclic amines) is 1. The van der Waals surface area contributed by atoms with Gasteiger partial charge in [0.25, 0.3) is 0 Å². The number of pyridine rings is 1. The van der Waals surface area contributed by atoms with E-state index in [4.69, 9.17) is 0 Å². The highest BCUT2D eigenvalue weighted by Gasteiger charge is 2.21. The molecule has 0 aliphatic carbocycles. The second kappa shape index (κ2) is 8.15. The molecule has 1 aliphatic rings. The van der Waals surface area contributed by atoms with Gasteiger partial charge in [-0.1, -0.05) is 18.7 Å². The minimum absolute atomic E-state index is 0.269. The highest BCUT2D eigenvalue weighted by molar-refractivity contribution is 7.13. The van der Waals surface area contributed by atoms with Gasteiger partial charge >= 0.3 is 0 Å². The Balaban J connectivity index is 1.46. The lowest BCUT2D eigenvalue weighted by Crippen LogP contribution is -2.36. The minimum Gasteiger partial charge on any atom is -0.344 e. The zero-order valence-corrected chi connectivity index (χ0v) is 16.0. The van der Waals surface area contributed by atoms with Gasteiger partial charge in [0.15, 0.2) is 0 Å². The quantitative estimate of drug-likeness (QED) is 0.654. The van der Waals surface area contributed by atoms with Crippen LogP contribution in [0.3, 0.4) is 0 Å². The number of halogens is 1. The number of hydrogen-bond donors (Lipinski definition) is 1. The molecule has 4 rings (SSSR count). The normalized spacial score (nSPS) is 15.9. The Morgan fingerprint density at radius 2 is 2.07 bits per heavy atom. The predicted octanol–water partition coefficient (Wildman–Crippen LogP) is 4.97. The van der Waals surface area contributed by atoms with Gasteiger partial charge in [-0.05, 0) is 49.0 Å². The van der Waals surface area contributed by atoms with Gasteiger partial charge in [-0.25, -0.2) is 9.37 Å². The first-order chi connectivity index (χ1) is 13.2. The van der Waals surface area contributed by atoms with Gasteiger partial charge in [0.05, 0.1) is 10.4 Å². The van der Waals surface area contributed by atoms with Gasteiger partial charge in [-0.15, -0.1) is 11.3 Å². The average molecular weight is 383 g/mol. The van der Waals surface area contributed by atoms with Crippen molar-refractivity contribution in [3.63, 3.8) is 0 Å². The van der Waals surface area contributed by atoms with Crippen molar-refractivity contribution in [2.75, 3.05) is 31.6 Å². The molecule has 3 heterocycles. The van der Waals surface area contributed by atoms with Crippen LogP contribution in [0.4, 0.5) is 10.2 Å². The lowest BCUT2D eigenvalue weighted by molar-refractivity contribution is 0.186. The van der Waals surface area contributed by atoms with Gasteiger partial charge in [0.1, 0.15) is 12.5 Å². The van der Waals surface area contributed by atoms with Crippen LogP contribution in [0.2, 0.25) is 0 Å². The summed E-state index contributed by atoms with van der Waals surface area (Å²) in [5.74, 6) is 1.22. The maximum absolute atomic E-state index is 12.5. The number of fused-ring (bicyclic) bond motifs is 1. The molecule has 0 unspecified atom stereocenters. The molecular weight excluding hydrogens is 359 g/mol. The molecule has 0 bridgehead atoms. The third-order valence-electron chi connectivity index (χ3n) is 5.21. The standard InChI is InChI=1S/C21H23FN4S/c1-15(16-4-7-26(8-5-16)9-6-22)25-21-11-19-10-17(20-13-23-14-27-20)2-3-18(19)12-24-21/h2-3,10-14,16H,1,4-9H2,(H,24,25). The molecule has 1 aromatic carbocycles. The molecule has 27 heavy (non-hydrogen) atoms. The lowest BCUT2D eigenvalue weighted by Gasteiger charge is -2.32. The Morgan fingerprint density at radius 3 is 2.81 bits per heavy atom. The Kier molecular flexibility index (Phi) is 5.45. The first-order valence-corrected chi connectivity index (χ1v) is 10.1. The molecule has 1 N–H and O–H groups in total. The van der Waals surface area contributed by atoms with Crippen LogP contribution in [0.15, 0.2) is 54.4 Å². The van der Waals surface area contributed by atoms with Crippen molar-refractivity contribution in [1.82, 2.24) is 14.9 Å². The molecule has 4 nitrogen and oxygen atoms in total. The maximum Gasteiger partial charge on any atom is 0.130 e. The summed E-state index contributed by atoms with van der Waals surface area (Å²) in [5.41, 5.74) is 4.02. The summed E-state index contributed by atoms with van der Waals surface area (Å²) in [6.07, 6.45) is 5.80. The van der Waals surface area contributed by atoms with E-state index >= 15 is 0 Å². The number of allylic oxidation sites excluding steroid dienone is 1. The summed E-state index contributed by atoms with van der Waals surface area (Å²) in [7, 11) is 0. The third-order valence-corrected chi connectivity index (χ3v) is 6.03. The molecule has 0 saturated carbocycles. The molecule has 3 aromatic rings. The van der Waals surface area contributed by atoms with Gasteiger partial charge in [0.2, 0.25) is 0 Å². The Bertz CT molecular complexity index is 917. The van der Waals surface area contributed by atoms with E-state index in [0.29, 0.717) is 12.5 Å². The van der Waals surface area contributed by atoms with Gasteiger partial charge < -0.3 is 10.2 Å². The number of rotatable bonds is 6. The van der Waals surface area contributed by atoms with Crippen molar-refractivity contribution >= 4 is 27.9 Å². The number of aromatic nitrogens is 2. The monoisotopic (exact) mass is 382 g/mol. The summed E-state index contributed by atoms with van der Waals surface area (Å²) in [6.45, 7) is 6.36. The molecule has 0 amide bonds. The second-order valence-electron chi connectivity index (χ2n) is 6.95. The number of anilines is 1. The van der Waals surface area contributed by atoms with E-state index in [1.54, 1.807) is 11.3 Å². The number of piperidine rings is 1. The number of thiazole rings is 1. The zero-order valence-electron chi connectivity index (χ0n) is 15.2. The van der Waals surface area contributed by atoms with Gasteiger partial charge in [-0.2, -0.15) is 0 Å². The molecule has 0 radical (unpaired) electrons. The molecular formula is C21H23FN4S. The van der Waals surface area contributed by atoms with Crippen LogP contribution in [0.1, 0.15) is 12.8 Å². The summed E-state index contributed by atoms with van der Waals surface area (Å²) < 4.78 is 12.5. The van der Waals surface area contributed by atoms with E-state index in [9.17, 15) is 4.39 Å². The predicted molar refractivity (Wildman–Crippen MR) is 111 cm³/mol. The van der Waals surface area contributed by atoms with Crippen LogP contribution in [-0.2, 0) is 0 Å². The van der Waals surface area contributed by atoms with E-state index < -0.39 is 0 Å². The number of alkyl halides is 1. The highest BCUT2D eigenvalue weighted by atomic mass is 32.1. The smallest absolute Gasteiger partial charge is 0.130 e. The second-order valence-corrected chi connectivity index (χ2v) is 7.84. The van der Waals surface area contributed by atoms with Crippen LogP contribution in [0.25, 0.3) is 21.2 Å². The van der Waals surface area contributed by atoms with Gasteiger partial charge in [0, 0.05) is 35.9 Å². The lowest BCUT2D eigenvalue weighted by atomic mass is 9.94. The topological polar surface area (TPSA) is 41.1 Å². The fraction of sp³-hybridized carbons (Fsp3) is 0.333. The molecule has 140 valence electrons. The van der Waals surface area contributed by atoms with E-state index in [2.05, 4.69) is 51.0 Å². The van der Waals surface area contributed by atoms with E-state index in [-0.39, 0.29) is 6.67 Å². The van der Waals surface area contributed by atoms with Crippen LogP contribution >= 0.6 is 11.3 Å². The van der Waals surface area contributed by atoms with Crippen LogP contribution in [0, 0.1) is 5.92 Å². The average Bonchev–Trinajstić information content (AvgIpc) is 3.23. The van der Waals surface area contributed by atoms with Crippen LogP contribution < -0.4 is 5.32 Å². The fourth-order valence-electron chi connectivity index (χ4n) is 3.61. The number of nitrogens with zero attached hydrogens (tertiary/aromatic N) is 3. The van der Waals surface area contributed by atoms with Crippen molar-refractivity contribution in [2.24, 2.45) is 5.92 Å². The number of hydrogen-bond acceptors (Lipinski definition) is 5. The minimum atomic E-state index is -0.269. The number of benzene rings is 1. The molecule has 1 aliphatic heterocycles. The van der Waals surface area contributed by atoms with E-state index in [1.165, 1.54) is 5.56 Å². The van der Waals surface area contributed by atoms with E-state index in [0.717, 1.165) is 53.1 Å². The number of nitrogens with one attached hydrogen (secondary N) is 1. The molecule has 0 atom stereocenters. The van der Waals surface area contributed by atoms with Gasteiger partial charge in [-0.3, -0.25) is 4.98 Å². The molecule has 1 saturated heterocycles. The SMILES string of the molecule is C=C(Nc1cc2cc(-c3cncs3)ccc2cn1)C1CCN(CCF)CC1. The summed E-state index contributed by atoms with van der Waals surface area (Å²) in [6, 6.07) is 8.45. The van der Waals surface area contributed by atoms with Crippen LogP contribution in [-0.4, -0.2) is 41.2 Å². The largest absolute Gasteiger partial charge is 0.344 e. The molecule has 2 aromatic heterocycles. The molecule has 0 spiro atoms. The summed E-state index contributed by atoms with van der Waals surface area (Å²) in [4.78, 5) is 12.0. The molecule has 1 fully saturated rings. The van der Waals surface area contributed by atoms with E-state index in [1.807, 2.05) is 17.9 Å². The first kappa shape index (κ1) is 18.1. The Labute approximate surface area is 162 Å². The Hall–Kier alpha value is -2.31. The summed E-state index contributed by atoms with van der Waals surface area (Å²) >= 11 is 1.64. The molecule has 6 heteroatoms. The summed E-state index contributed by atoms with van der Waals surface area (Å²) in [5, 5.41) is 5.65. The first-order valence-electron chi connectivity index (χ1n) is 9.26. The van der Waals surface area contributed by atoms with Crippen molar-refractivity contribution in [1.29, 1.82) is 0 Å². The highest BCUT2D eigenvalue weighted by Crippen LogP contribution is 2.29. The van der Waals surface area contributed by atoms with Crippen molar-refractivity contribution in [2.45, 2.75) is 12.8 Å². The fourth-order valence-corrected chi connectivity index (χ4v) is 4.23. The third kappa shape index (κ3) is 4.17. The maximum atomic E-state index is 12.5. The zero-order chi connectivity index (χ0) is 18.6. The van der Waals surface area contributed by atoms with Crippen molar-refractivity contribution in [3.8, 4) is 10.4 Å².